The number of hydrogen-bond acceptors (Lipinski definition) is 6. The van der Waals surface area contributed by atoms with Crippen molar-refractivity contribution in [3.05, 3.63) is 122 Å². The minimum atomic E-state index is -0.840. The molecule has 0 radical (unpaired) electrons. The van der Waals surface area contributed by atoms with Gasteiger partial charge in [0.25, 0.3) is 0 Å². The highest BCUT2D eigenvalue weighted by molar-refractivity contribution is 5.72. The predicted molar refractivity (Wildman–Crippen MR) is 237 cm³/mol. The average molecular weight is 773 g/mol. The summed E-state index contributed by atoms with van der Waals surface area (Å²) in [7, 11) is 0. The van der Waals surface area contributed by atoms with Gasteiger partial charge in [0.2, 0.25) is 0 Å². The lowest BCUT2D eigenvalue weighted by atomic mass is 10.1. The third-order valence-corrected chi connectivity index (χ3v) is 8.32. The van der Waals surface area contributed by atoms with E-state index in [0.717, 1.165) is 96.3 Å². The molecule has 0 aliphatic rings. The minimum absolute atomic E-state index is 0.118. The molecule has 1 unspecified atom stereocenters. The van der Waals surface area contributed by atoms with Crippen molar-refractivity contribution in [2.24, 2.45) is 0 Å². The van der Waals surface area contributed by atoms with E-state index in [9.17, 15) is 14.4 Å². The Bertz CT molecular complexity index is 1260. The van der Waals surface area contributed by atoms with Crippen LogP contribution in [0.15, 0.2) is 122 Å². The SMILES string of the molecule is CC\C=C/C=C\C=C/C=C\CCCCCC(=O)OC(COC(=O)C/C=C\C/C=C\C/C=C\CC)COC(=O)CCCCCCCC/C=C\C/C=C\C/C=C\CC. The van der Waals surface area contributed by atoms with Gasteiger partial charge in [0.15, 0.2) is 6.10 Å². The Labute approximate surface area is 342 Å². The van der Waals surface area contributed by atoms with Crippen LogP contribution < -0.4 is 0 Å². The molecule has 312 valence electrons. The number of carbonyl (C=O) groups is 3. The first-order chi connectivity index (χ1) is 27.5. The largest absolute Gasteiger partial charge is 0.462 e. The molecule has 0 aromatic carbocycles. The molecule has 0 aliphatic carbocycles. The zero-order valence-corrected chi connectivity index (χ0v) is 35.3. The lowest BCUT2D eigenvalue weighted by molar-refractivity contribution is -0.166. The summed E-state index contributed by atoms with van der Waals surface area (Å²) in [5, 5.41) is 0. The summed E-state index contributed by atoms with van der Waals surface area (Å²) < 4.78 is 16.5. The second-order valence-corrected chi connectivity index (χ2v) is 13.6. The molecule has 6 nitrogen and oxygen atoms in total. The summed E-state index contributed by atoms with van der Waals surface area (Å²) in [6.07, 6.45) is 59.3. The molecule has 0 aliphatic heterocycles. The lowest BCUT2D eigenvalue weighted by Gasteiger charge is -2.18. The van der Waals surface area contributed by atoms with Crippen LogP contribution in [0, 0.1) is 0 Å². The number of rotatable bonds is 36. The van der Waals surface area contributed by atoms with Crippen molar-refractivity contribution in [2.45, 2.75) is 162 Å². The van der Waals surface area contributed by atoms with Crippen molar-refractivity contribution in [1.29, 1.82) is 0 Å². The third-order valence-electron chi connectivity index (χ3n) is 8.32. The van der Waals surface area contributed by atoms with Crippen molar-refractivity contribution in [3.8, 4) is 0 Å². The number of esters is 3. The van der Waals surface area contributed by atoms with E-state index in [1.807, 2.05) is 42.5 Å². The van der Waals surface area contributed by atoms with Crippen molar-refractivity contribution >= 4 is 17.9 Å². The average Bonchev–Trinajstić information content (AvgIpc) is 3.19. The Morgan fingerprint density at radius 1 is 0.393 bits per heavy atom. The monoisotopic (exact) mass is 773 g/mol. The summed E-state index contributed by atoms with van der Waals surface area (Å²) in [6, 6.07) is 0. The van der Waals surface area contributed by atoms with Gasteiger partial charge in [-0.25, -0.2) is 0 Å². The number of carbonyl (C=O) groups excluding carboxylic acids is 3. The quantitative estimate of drug-likeness (QED) is 0.0207. The van der Waals surface area contributed by atoms with Crippen molar-refractivity contribution < 1.29 is 28.6 Å². The zero-order valence-electron chi connectivity index (χ0n) is 35.3. The van der Waals surface area contributed by atoms with Gasteiger partial charge in [-0.05, 0) is 83.5 Å². The van der Waals surface area contributed by atoms with E-state index < -0.39 is 12.1 Å². The first kappa shape index (κ1) is 51.8. The highest BCUT2D eigenvalue weighted by atomic mass is 16.6. The van der Waals surface area contributed by atoms with Crippen LogP contribution in [0.5, 0.6) is 0 Å². The van der Waals surface area contributed by atoms with Crippen molar-refractivity contribution in [1.82, 2.24) is 0 Å². The van der Waals surface area contributed by atoms with Crippen LogP contribution in [-0.4, -0.2) is 37.2 Å². The summed E-state index contributed by atoms with van der Waals surface area (Å²) >= 11 is 0. The van der Waals surface area contributed by atoms with Gasteiger partial charge in [-0.15, -0.1) is 0 Å². The molecular formula is C50H76O6. The van der Waals surface area contributed by atoms with Crippen molar-refractivity contribution in [2.75, 3.05) is 13.2 Å². The van der Waals surface area contributed by atoms with Crippen LogP contribution >= 0.6 is 0 Å². The molecule has 0 spiro atoms. The fourth-order valence-electron chi connectivity index (χ4n) is 5.17. The second kappa shape index (κ2) is 43.5. The van der Waals surface area contributed by atoms with Crippen molar-refractivity contribution in [3.63, 3.8) is 0 Å². The van der Waals surface area contributed by atoms with E-state index in [-0.39, 0.29) is 38.0 Å². The van der Waals surface area contributed by atoms with Gasteiger partial charge in [0.1, 0.15) is 13.2 Å². The van der Waals surface area contributed by atoms with E-state index in [0.29, 0.717) is 12.8 Å². The molecule has 6 heteroatoms. The summed E-state index contributed by atoms with van der Waals surface area (Å²) in [6.45, 7) is 6.08. The zero-order chi connectivity index (χ0) is 40.8. The first-order valence-corrected chi connectivity index (χ1v) is 21.6. The van der Waals surface area contributed by atoms with E-state index >= 15 is 0 Å². The standard InChI is InChI=1S/C50H76O6/c1-4-7-10-13-16-19-21-23-24-25-27-28-31-34-37-40-43-49(52)55-46-47(45-54-48(51)42-39-36-33-30-18-15-12-9-6-3)56-50(53)44-41-38-35-32-29-26-22-20-17-14-11-8-5-2/h7-12,14,16-20,22-24,26,29-30,36,39,47H,4-6,13,15,21,25,27-28,31-35,37-38,40-46H2,1-3H3/b10-7-,11-8-,12-9-,17-14-,19-16-,22-20-,24-23-,29-26-,30-18-,39-36-. The summed E-state index contributed by atoms with van der Waals surface area (Å²) in [5.41, 5.74) is 0. The lowest BCUT2D eigenvalue weighted by Crippen LogP contribution is -2.30. The highest BCUT2D eigenvalue weighted by Crippen LogP contribution is 2.11. The fourth-order valence-corrected chi connectivity index (χ4v) is 5.17. The van der Waals surface area contributed by atoms with E-state index in [2.05, 4.69) is 93.7 Å². The molecular weight excluding hydrogens is 697 g/mol. The topological polar surface area (TPSA) is 78.9 Å². The highest BCUT2D eigenvalue weighted by Gasteiger charge is 2.19. The van der Waals surface area contributed by atoms with Gasteiger partial charge in [0, 0.05) is 12.8 Å². The molecule has 0 amide bonds. The molecule has 0 fully saturated rings. The molecule has 0 rings (SSSR count). The second-order valence-electron chi connectivity index (χ2n) is 13.6. The molecule has 0 aromatic rings. The van der Waals surface area contributed by atoms with Crippen LogP contribution in [-0.2, 0) is 28.6 Å². The van der Waals surface area contributed by atoms with E-state index in [4.69, 9.17) is 14.2 Å². The normalized spacial score (nSPS) is 13.3. The molecule has 0 N–H and O–H groups in total. The molecule has 0 bridgehead atoms. The minimum Gasteiger partial charge on any atom is -0.462 e. The van der Waals surface area contributed by atoms with Crippen LogP contribution in [0.3, 0.4) is 0 Å². The number of hydrogen-bond donors (Lipinski definition) is 0. The predicted octanol–water partition coefficient (Wildman–Crippen LogP) is 13.8. The smallest absolute Gasteiger partial charge is 0.309 e. The van der Waals surface area contributed by atoms with Crippen LogP contribution in [0.25, 0.3) is 0 Å². The Morgan fingerprint density at radius 2 is 0.804 bits per heavy atom. The van der Waals surface area contributed by atoms with Gasteiger partial charge in [-0.2, -0.15) is 0 Å². The molecule has 56 heavy (non-hydrogen) atoms. The fraction of sp³-hybridized carbons (Fsp3) is 0.540. The molecule has 0 saturated carbocycles. The summed E-state index contributed by atoms with van der Waals surface area (Å²) in [4.78, 5) is 37.6. The van der Waals surface area contributed by atoms with Gasteiger partial charge in [-0.1, -0.05) is 174 Å². The van der Waals surface area contributed by atoms with Crippen LogP contribution in [0.1, 0.15) is 156 Å². The Kier molecular flexibility index (Phi) is 40.3. The van der Waals surface area contributed by atoms with Gasteiger partial charge >= 0.3 is 17.9 Å². The molecule has 1 atom stereocenters. The maximum Gasteiger partial charge on any atom is 0.309 e. The number of unbranched alkanes of at least 4 members (excludes halogenated alkanes) is 9. The van der Waals surface area contributed by atoms with Crippen LogP contribution in [0.4, 0.5) is 0 Å². The van der Waals surface area contributed by atoms with Gasteiger partial charge in [-0.3, -0.25) is 14.4 Å². The molecule has 0 saturated heterocycles. The first-order valence-electron chi connectivity index (χ1n) is 21.6. The maximum atomic E-state index is 12.7. The van der Waals surface area contributed by atoms with E-state index in [1.54, 1.807) is 6.08 Å². The Hall–Kier alpha value is -4.19. The summed E-state index contributed by atoms with van der Waals surface area (Å²) in [5.74, 6) is -1.13. The Morgan fingerprint density at radius 3 is 1.39 bits per heavy atom. The third kappa shape index (κ3) is 41.0. The maximum absolute atomic E-state index is 12.7. The van der Waals surface area contributed by atoms with Gasteiger partial charge in [0.05, 0.1) is 6.42 Å². The molecule has 0 heterocycles. The number of allylic oxidation sites excluding steroid dienone is 19. The Balaban J connectivity index is 4.54. The van der Waals surface area contributed by atoms with Crippen LogP contribution in [0.2, 0.25) is 0 Å². The number of ether oxygens (including phenoxy) is 3. The molecule has 0 aromatic heterocycles. The van der Waals surface area contributed by atoms with Gasteiger partial charge < -0.3 is 14.2 Å². The van der Waals surface area contributed by atoms with E-state index in [1.165, 1.54) is 12.8 Å².